The highest BCUT2D eigenvalue weighted by molar-refractivity contribution is 7.99. The third kappa shape index (κ3) is 6.95. The molecule has 2 aromatic rings. The van der Waals surface area contributed by atoms with Gasteiger partial charge in [-0.3, -0.25) is 0 Å². The van der Waals surface area contributed by atoms with E-state index >= 15 is 0 Å². The summed E-state index contributed by atoms with van der Waals surface area (Å²) in [5, 5.41) is 3.26. The lowest BCUT2D eigenvalue weighted by Gasteiger charge is -2.22. The number of nitrogens with two attached hydrogens (primary N) is 1. The van der Waals surface area contributed by atoms with Gasteiger partial charge >= 0.3 is 0 Å². The number of benzene rings is 2. The zero-order valence-electron chi connectivity index (χ0n) is 17.1. The van der Waals surface area contributed by atoms with Gasteiger partial charge in [0.2, 0.25) is 0 Å². The summed E-state index contributed by atoms with van der Waals surface area (Å²) in [7, 11) is 1.97. The second-order valence-electron chi connectivity index (χ2n) is 6.45. The fraction of sp³-hybridized carbons (Fsp3) is 0.478. The van der Waals surface area contributed by atoms with Crippen LogP contribution in [0.15, 0.2) is 47.4 Å². The molecule has 0 aliphatic heterocycles. The lowest BCUT2D eigenvalue weighted by Crippen LogP contribution is -2.05. The smallest absolute Gasteiger partial charge is 0.0341 e. The number of hydrogen-bond acceptors (Lipinski definition) is 3. The minimum absolute atomic E-state index is 0.399. The zero-order chi connectivity index (χ0) is 19.4. The van der Waals surface area contributed by atoms with Crippen LogP contribution < -0.4 is 11.1 Å². The number of hydrogen-bond donors (Lipinski definition) is 2. The molecule has 0 fully saturated rings. The van der Waals surface area contributed by atoms with Crippen LogP contribution in [0.1, 0.15) is 70.4 Å². The first-order chi connectivity index (χ1) is 12.6. The van der Waals surface area contributed by atoms with Crippen LogP contribution in [0.4, 0.5) is 11.4 Å². The van der Waals surface area contributed by atoms with E-state index in [-0.39, 0.29) is 0 Å². The molecule has 0 aliphatic carbocycles. The molecule has 0 saturated heterocycles. The van der Waals surface area contributed by atoms with Crippen molar-refractivity contribution in [3.63, 3.8) is 0 Å². The van der Waals surface area contributed by atoms with Crippen molar-refractivity contribution in [2.24, 2.45) is 0 Å². The van der Waals surface area contributed by atoms with Gasteiger partial charge in [-0.05, 0) is 53.6 Å². The van der Waals surface area contributed by atoms with Crippen molar-refractivity contribution >= 4 is 23.1 Å². The minimum Gasteiger partial charge on any atom is -0.399 e. The normalized spacial score (nSPS) is 11.4. The Bertz CT molecular complexity index is 638. The van der Waals surface area contributed by atoms with Crippen LogP contribution in [-0.4, -0.2) is 12.8 Å². The van der Waals surface area contributed by atoms with Gasteiger partial charge < -0.3 is 11.1 Å². The molecule has 2 aromatic carbocycles. The second kappa shape index (κ2) is 12.7. The first-order valence-electron chi connectivity index (χ1n) is 9.90. The summed E-state index contributed by atoms with van der Waals surface area (Å²) in [4.78, 5) is 1.38. The Morgan fingerprint density at radius 2 is 1.69 bits per heavy atom. The maximum absolute atomic E-state index is 6.01. The van der Waals surface area contributed by atoms with E-state index < -0.39 is 0 Å². The Balaban J connectivity index is 0.000000765. The number of unbranched alkanes of at least 4 members (excludes halogenated alkanes) is 1. The molecular weight excluding hydrogens is 336 g/mol. The molecule has 0 radical (unpaired) electrons. The predicted octanol–water partition coefficient (Wildman–Crippen LogP) is 7.16. The summed E-state index contributed by atoms with van der Waals surface area (Å²) in [5.41, 5.74) is 10.7. The molecular formula is C23H36N2S. The van der Waals surface area contributed by atoms with E-state index in [1.807, 2.05) is 24.9 Å². The van der Waals surface area contributed by atoms with E-state index in [2.05, 4.69) is 69.4 Å². The van der Waals surface area contributed by atoms with E-state index in [1.165, 1.54) is 34.6 Å². The molecule has 0 aliphatic rings. The van der Waals surface area contributed by atoms with E-state index in [4.69, 9.17) is 5.73 Å². The third-order valence-electron chi connectivity index (χ3n) is 4.36. The lowest BCUT2D eigenvalue weighted by molar-refractivity contribution is 0.689. The molecule has 1 atom stereocenters. The zero-order valence-corrected chi connectivity index (χ0v) is 18.0. The van der Waals surface area contributed by atoms with Gasteiger partial charge in [-0.25, -0.2) is 0 Å². The van der Waals surface area contributed by atoms with Crippen LogP contribution in [0.5, 0.6) is 0 Å². The number of rotatable bonds is 8. The lowest BCUT2D eigenvalue weighted by atomic mass is 9.87. The fourth-order valence-corrected chi connectivity index (χ4v) is 3.67. The summed E-state index contributed by atoms with van der Waals surface area (Å²) >= 11 is 1.92. The maximum atomic E-state index is 6.01. The van der Waals surface area contributed by atoms with Crippen LogP contribution >= 0.6 is 11.8 Å². The summed E-state index contributed by atoms with van der Waals surface area (Å²) < 4.78 is 0. The Morgan fingerprint density at radius 3 is 2.23 bits per heavy atom. The van der Waals surface area contributed by atoms with Gasteiger partial charge in [0.25, 0.3) is 0 Å². The summed E-state index contributed by atoms with van der Waals surface area (Å²) in [6, 6.07) is 15.0. The molecule has 2 rings (SSSR count). The van der Waals surface area contributed by atoms with Crippen molar-refractivity contribution in [3.8, 4) is 0 Å². The molecule has 0 aromatic heterocycles. The average Bonchev–Trinajstić information content (AvgIpc) is 2.67. The molecule has 0 heterocycles. The first kappa shape index (κ1) is 22.4. The summed E-state index contributed by atoms with van der Waals surface area (Å²) in [6.45, 7) is 8.81. The SMILES string of the molecule is CCCC.CCCC(c1cccc(N)c1)c1cc(NC)ccc1SCC. The minimum atomic E-state index is 0.399. The fourth-order valence-electron chi connectivity index (χ4n) is 2.83. The van der Waals surface area contributed by atoms with Gasteiger partial charge in [-0.2, -0.15) is 0 Å². The molecule has 3 heteroatoms. The number of nitrogens with one attached hydrogen (secondary N) is 1. The molecule has 0 saturated carbocycles. The van der Waals surface area contributed by atoms with Gasteiger partial charge in [-0.15, -0.1) is 11.8 Å². The van der Waals surface area contributed by atoms with Crippen LogP contribution in [0, 0.1) is 0 Å². The van der Waals surface area contributed by atoms with Crippen molar-refractivity contribution in [1.82, 2.24) is 0 Å². The van der Waals surface area contributed by atoms with Crippen LogP contribution in [0.3, 0.4) is 0 Å². The highest BCUT2D eigenvalue weighted by Crippen LogP contribution is 2.37. The largest absolute Gasteiger partial charge is 0.399 e. The highest BCUT2D eigenvalue weighted by Gasteiger charge is 2.18. The quantitative estimate of drug-likeness (QED) is 0.381. The van der Waals surface area contributed by atoms with Crippen LogP contribution in [0.2, 0.25) is 0 Å². The van der Waals surface area contributed by atoms with Crippen molar-refractivity contribution in [3.05, 3.63) is 53.6 Å². The molecule has 2 nitrogen and oxygen atoms in total. The van der Waals surface area contributed by atoms with E-state index in [0.717, 1.165) is 24.3 Å². The van der Waals surface area contributed by atoms with Gasteiger partial charge in [-0.1, -0.05) is 59.1 Å². The van der Waals surface area contributed by atoms with Gasteiger partial charge in [0.1, 0.15) is 0 Å². The standard InChI is InChI=1S/C19H26N2S.C4H10/c1-4-7-17(14-8-6-9-15(20)12-14)18-13-16(21-3)10-11-19(18)22-5-2;1-3-4-2/h6,8-13,17,21H,4-5,7,20H2,1-3H3;3-4H2,1-2H3. The maximum Gasteiger partial charge on any atom is 0.0341 e. The summed E-state index contributed by atoms with van der Waals surface area (Å²) in [6.07, 6.45) is 4.92. The number of nitrogen functional groups attached to an aromatic ring is 1. The van der Waals surface area contributed by atoms with E-state index in [0.29, 0.717) is 5.92 Å². The van der Waals surface area contributed by atoms with Gasteiger partial charge in [0.05, 0.1) is 0 Å². The summed E-state index contributed by atoms with van der Waals surface area (Å²) in [5.74, 6) is 1.48. The van der Waals surface area contributed by atoms with Crippen molar-refractivity contribution in [2.45, 2.75) is 64.2 Å². The van der Waals surface area contributed by atoms with Crippen molar-refractivity contribution in [1.29, 1.82) is 0 Å². The Morgan fingerprint density at radius 1 is 0.962 bits per heavy atom. The Hall–Kier alpha value is -1.61. The number of anilines is 2. The van der Waals surface area contributed by atoms with Crippen LogP contribution in [-0.2, 0) is 0 Å². The number of thioether (sulfide) groups is 1. The molecule has 144 valence electrons. The van der Waals surface area contributed by atoms with Crippen LogP contribution in [0.25, 0.3) is 0 Å². The predicted molar refractivity (Wildman–Crippen MR) is 121 cm³/mol. The molecule has 26 heavy (non-hydrogen) atoms. The van der Waals surface area contributed by atoms with E-state index in [9.17, 15) is 0 Å². The first-order valence-corrected chi connectivity index (χ1v) is 10.9. The van der Waals surface area contributed by atoms with E-state index in [1.54, 1.807) is 0 Å². The van der Waals surface area contributed by atoms with Gasteiger partial charge in [0.15, 0.2) is 0 Å². The molecule has 1 unspecified atom stereocenters. The van der Waals surface area contributed by atoms with Gasteiger partial charge in [0, 0.05) is 29.2 Å². The van der Waals surface area contributed by atoms with Crippen molar-refractivity contribution < 1.29 is 0 Å². The Kier molecular flexibility index (Phi) is 11.0. The molecule has 0 bridgehead atoms. The molecule has 0 spiro atoms. The van der Waals surface area contributed by atoms with Crippen molar-refractivity contribution in [2.75, 3.05) is 23.9 Å². The average molecular weight is 373 g/mol. The second-order valence-corrected chi connectivity index (χ2v) is 7.75. The molecule has 0 amide bonds. The third-order valence-corrected chi connectivity index (χ3v) is 5.34. The monoisotopic (exact) mass is 372 g/mol. The Labute approximate surface area is 165 Å². The topological polar surface area (TPSA) is 38.0 Å². The molecule has 3 N–H and O–H groups in total. The highest BCUT2D eigenvalue weighted by atomic mass is 32.2.